The zero-order chi connectivity index (χ0) is 23.3. The molecule has 1 aliphatic heterocycles. The molecular weight excluding hydrogens is 470 g/mol. The number of hydrogen-bond acceptors (Lipinski definition) is 7. The molecule has 4 aromatic rings. The number of nitrogens with zero attached hydrogens (tertiary/aromatic N) is 3. The van der Waals surface area contributed by atoms with E-state index in [1.165, 1.54) is 17.3 Å². The van der Waals surface area contributed by atoms with E-state index >= 15 is 0 Å². The second kappa shape index (κ2) is 10.4. The topological polar surface area (TPSA) is 102 Å². The number of hydrogen-bond donors (Lipinski definition) is 2. The summed E-state index contributed by atoms with van der Waals surface area (Å²) in [5, 5.41) is 10.9. The fourth-order valence-electron chi connectivity index (χ4n) is 3.71. The molecule has 0 saturated carbocycles. The van der Waals surface area contributed by atoms with Crippen molar-refractivity contribution in [2.45, 2.75) is 29.7 Å². The molecule has 3 heterocycles. The van der Waals surface area contributed by atoms with E-state index in [9.17, 15) is 9.59 Å². The van der Waals surface area contributed by atoms with Crippen molar-refractivity contribution in [1.82, 2.24) is 20.1 Å². The summed E-state index contributed by atoms with van der Waals surface area (Å²) >= 11 is 2.98. The highest BCUT2D eigenvalue weighted by atomic mass is 32.2. The fraction of sp³-hybridized carbons (Fsp3) is 0.250. The minimum atomic E-state index is -0.197. The van der Waals surface area contributed by atoms with Crippen LogP contribution in [0.3, 0.4) is 0 Å². The van der Waals surface area contributed by atoms with Crippen LogP contribution in [0.15, 0.2) is 64.2 Å². The van der Waals surface area contributed by atoms with Gasteiger partial charge in [0.05, 0.1) is 11.4 Å². The lowest BCUT2D eigenvalue weighted by Gasteiger charge is -2.11. The average molecular weight is 494 g/mol. The van der Waals surface area contributed by atoms with E-state index < -0.39 is 0 Å². The number of rotatable bonds is 9. The molecule has 0 radical (unpaired) electrons. The molecular formula is C24H23N5O3S2. The van der Waals surface area contributed by atoms with Crippen molar-refractivity contribution >= 4 is 52.3 Å². The van der Waals surface area contributed by atoms with Crippen molar-refractivity contribution in [3.05, 3.63) is 71.4 Å². The Labute approximate surface area is 204 Å². The molecule has 0 fully saturated rings. The number of fused-ring (bicyclic) bond motifs is 2. The molecule has 2 amide bonds. The van der Waals surface area contributed by atoms with Crippen molar-refractivity contribution in [3.8, 4) is 0 Å². The van der Waals surface area contributed by atoms with Crippen LogP contribution < -0.4 is 10.6 Å². The number of carbonyl (C=O) groups excluding carboxylic acids is 2. The Bertz CT molecular complexity index is 1290. The van der Waals surface area contributed by atoms with Gasteiger partial charge in [-0.15, -0.1) is 0 Å². The van der Waals surface area contributed by atoms with Gasteiger partial charge in [-0.2, -0.15) is 16.9 Å². The maximum atomic E-state index is 12.7. The summed E-state index contributed by atoms with van der Waals surface area (Å²) in [5.41, 5.74) is 4.53. The van der Waals surface area contributed by atoms with E-state index in [0.29, 0.717) is 23.2 Å². The molecule has 0 bridgehead atoms. The summed E-state index contributed by atoms with van der Waals surface area (Å²) < 4.78 is 7.27. The lowest BCUT2D eigenvalue weighted by molar-refractivity contribution is -0.122. The third kappa shape index (κ3) is 5.28. The number of oxazole rings is 1. The number of thioether (sulfide) groups is 2. The van der Waals surface area contributed by atoms with E-state index in [1.807, 2.05) is 54.6 Å². The third-order valence-corrected chi connectivity index (χ3v) is 7.15. The molecule has 10 heteroatoms. The lowest BCUT2D eigenvalue weighted by Crippen LogP contribution is -2.30. The molecule has 174 valence electrons. The van der Waals surface area contributed by atoms with Crippen LogP contribution in [0.5, 0.6) is 0 Å². The van der Waals surface area contributed by atoms with Gasteiger partial charge in [-0.1, -0.05) is 54.2 Å². The van der Waals surface area contributed by atoms with Gasteiger partial charge in [-0.05, 0) is 24.1 Å². The van der Waals surface area contributed by atoms with E-state index in [1.54, 1.807) is 16.4 Å². The Morgan fingerprint density at radius 1 is 1.06 bits per heavy atom. The van der Waals surface area contributed by atoms with Crippen LogP contribution in [0, 0.1) is 0 Å². The molecule has 1 aliphatic rings. The summed E-state index contributed by atoms with van der Waals surface area (Å²) in [7, 11) is 0. The van der Waals surface area contributed by atoms with E-state index in [0.717, 1.165) is 34.7 Å². The SMILES string of the molecule is O=C(Cn1nc2c(c1NC(=O)CSc1nc3ccccc3o1)CSC2)NCCc1ccccc1. The van der Waals surface area contributed by atoms with Gasteiger partial charge in [-0.3, -0.25) is 9.59 Å². The zero-order valence-corrected chi connectivity index (χ0v) is 20.0. The molecule has 5 rings (SSSR count). The van der Waals surface area contributed by atoms with Crippen LogP contribution in [0.1, 0.15) is 16.8 Å². The summed E-state index contributed by atoms with van der Waals surface area (Å²) in [6.45, 7) is 0.600. The van der Waals surface area contributed by atoms with E-state index in [4.69, 9.17) is 4.42 Å². The molecule has 0 atom stereocenters. The van der Waals surface area contributed by atoms with Gasteiger partial charge in [0.1, 0.15) is 17.9 Å². The van der Waals surface area contributed by atoms with Gasteiger partial charge in [0.2, 0.25) is 11.8 Å². The summed E-state index contributed by atoms with van der Waals surface area (Å²) in [6, 6.07) is 17.5. The fourth-order valence-corrected chi connectivity index (χ4v) is 5.38. The van der Waals surface area contributed by atoms with Crippen LogP contribution in [0.2, 0.25) is 0 Å². The first-order valence-electron chi connectivity index (χ1n) is 10.9. The summed E-state index contributed by atoms with van der Waals surface area (Å²) in [4.78, 5) is 29.7. The first-order chi connectivity index (χ1) is 16.7. The van der Waals surface area contributed by atoms with Crippen LogP contribution in [-0.4, -0.2) is 38.9 Å². The van der Waals surface area contributed by atoms with Crippen molar-refractivity contribution in [2.75, 3.05) is 17.6 Å². The maximum Gasteiger partial charge on any atom is 0.257 e. The Morgan fingerprint density at radius 3 is 2.74 bits per heavy atom. The van der Waals surface area contributed by atoms with Gasteiger partial charge in [0, 0.05) is 23.6 Å². The Kier molecular flexibility index (Phi) is 6.87. The lowest BCUT2D eigenvalue weighted by atomic mass is 10.1. The van der Waals surface area contributed by atoms with Crippen molar-refractivity contribution in [1.29, 1.82) is 0 Å². The highest BCUT2D eigenvalue weighted by Gasteiger charge is 2.25. The van der Waals surface area contributed by atoms with Gasteiger partial charge in [0.15, 0.2) is 5.58 Å². The normalized spacial score (nSPS) is 12.6. The minimum Gasteiger partial charge on any atom is -0.431 e. The van der Waals surface area contributed by atoms with Crippen molar-refractivity contribution in [2.24, 2.45) is 0 Å². The molecule has 34 heavy (non-hydrogen) atoms. The minimum absolute atomic E-state index is 0.0559. The number of aromatic nitrogens is 3. The predicted octanol–water partition coefficient (Wildman–Crippen LogP) is 3.86. The molecule has 8 nitrogen and oxygen atoms in total. The molecule has 0 aliphatic carbocycles. The van der Waals surface area contributed by atoms with Crippen LogP contribution in [0.25, 0.3) is 11.1 Å². The van der Waals surface area contributed by atoms with Crippen LogP contribution in [0.4, 0.5) is 5.82 Å². The smallest absolute Gasteiger partial charge is 0.257 e. The number of para-hydroxylation sites is 2. The zero-order valence-electron chi connectivity index (χ0n) is 18.3. The molecule has 2 aromatic heterocycles. The predicted molar refractivity (Wildman–Crippen MR) is 134 cm³/mol. The Hall–Kier alpha value is -3.24. The standard InChI is InChI=1S/C24H23N5O3S2/c30-21(25-11-10-16-6-2-1-3-7-16)12-29-23(17-13-33-14-19(17)28-29)27-22(31)15-34-24-26-18-8-4-5-9-20(18)32-24/h1-9H,10-15H2,(H,25,30)(H,27,31). The maximum absolute atomic E-state index is 12.7. The first kappa shape index (κ1) is 22.5. The van der Waals surface area contributed by atoms with Gasteiger partial charge < -0.3 is 15.1 Å². The summed E-state index contributed by atoms with van der Waals surface area (Å²) in [5.74, 6) is 1.95. The van der Waals surface area contributed by atoms with E-state index in [2.05, 4.69) is 20.7 Å². The second-order valence-corrected chi connectivity index (χ2v) is 9.71. The van der Waals surface area contributed by atoms with Crippen molar-refractivity contribution in [3.63, 3.8) is 0 Å². The molecule has 0 spiro atoms. The highest BCUT2D eigenvalue weighted by Crippen LogP contribution is 2.35. The summed E-state index contributed by atoms with van der Waals surface area (Å²) in [6.07, 6.45) is 0.759. The quantitative estimate of drug-likeness (QED) is 0.341. The Balaban J connectivity index is 1.19. The molecule has 2 aromatic carbocycles. The number of nitrogens with one attached hydrogen (secondary N) is 2. The molecule has 0 saturated heterocycles. The monoisotopic (exact) mass is 493 g/mol. The number of anilines is 1. The number of amides is 2. The second-order valence-electron chi connectivity index (χ2n) is 7.79. The average Bonchev–Trinajstić information content (AvgIpc) is 3.54. The third-order valence-electron chi connectivity index (χ3n) is 5.35. The van der Waals surface area contributed by atoms with E-state index in [-0.39, 0.29) is 24.1 Å². The Morgan fingerprint density at radius 2 is 1.88 bits per heavy atom. The van der Waals surface area contributed by atoms with Crippen LogP contribution >= 0.6 is 23.5 Å². The molecule has 0 unspecified atom stereocenters. The largest absolute Gasteiger partial charge is 0.431 e. The number of benzene rings is 2. The van der Waals surface area contributed by atoms with Gasteiger partial charge in [0.25, 0.3) is 5.22 Å². The van der Waals surface area contributed by atoms with Gasteiger partial charge in [-0.25, -0.2) is 9.67 Å². The van der Waals surface area contributed by atoms with Gasteiger partial charge >= 0.3 is 0 Å². The van der Waals surface area contributed by atoms with Crippen LogP contribution in [-0.2, 0) is 34.1 Å². The van der Waals surface area contributed by atoms with Crippen molar-refractivity contribution < 1.29 is 14.0 Å². The first-order valence-corrected chi connectivity index (χ1v) is 13.0. The number of carbonyl (C=O) groups is 2. The molecule has 2 N–H and O–H groups in total. The highest BCUT2D eigenvalue weighted by molar-refractivity contribution is 7.99.